The minimum atomic E-state index is -3.44. The second-order valence-corrected chi connectivity index (χ2v) is 8.29. The molecule has 26 heavy (non-hydrogen) atoms. The Balaban J connectivity index is 1.96. The first-order chi connectivity index (χ1) is 12.4. The lowest BCUT2D eigenvalue weighted by Crippen LogP contribution is -2.25. The highest BCUT2D eigenvalue weighted by Crippen LogP contribution is 2.17. The highest BCUT2D eigenvalue weighted by atomic mass is 32.2. The van der Waals surface area contributed by atoms with E-state index in [0.717, 1.165) is 6.42 Å². The Kier molecular flexibility index (Phi) is 7.36. The van der Waals surface area contributed by atoms with E-state index < -0.39 is 9.84 Å². The predicted molar refractivity (Wildman–Crippen MR) is 102 cm³/mol. The molecule has 2 aromatic carbocycles. The molecular formula is C20H25NO4S. The molecule has 0 bridgehead atoms. The Morgan fingerprint density at radius 1 is 1.08 bits per heavy atom. The molecule has 0 saturated carbocycles. The molecule has 0 saturated heterocycles. The molecular weight excluding hydrogens is 350 g/mol. The zero-order valence-corrected chi connectivity index (χ0v) is 16.0. The van der Waals surface area contributed by atoms with Gasteiger partial charge in [0.2, 0.25) is 0 Å². The Hall–Kier alpha value is -2.18. The first-order valence-corrected chi connectivity index (χ1v) is 10.3. The fourth-order valence-electron chi connectivity index (χ4n) is 2.43. The first-order valence-electron chi connectivity index (χ1n) is 8.65. The van der Waals surface area contributed by atoms with Gasteiger partial charge in [-0.1, -0.05) is 30.3 Å². The molecule has 6 heteroatoms. The van der Waals surface area contributed by atoms with Crippen molar-refractivity contribution < 1.29 is 17.9 Å². The van der Waals surface area contributed by atoms with Crippen molar-refractivity contribution in [1.29, 1.82) is 0 Å². The van der Waals surface area contributed by atoms with Crippen molar-refractivity contribution in [3.05, 3.63) is 65.7 Å². The van der Waals surface area contributed by atoms with Crippen molar-refractivity contribution in [2.75, 3.05) is 13.2 Å². The number of carbonyl (C=O) groups excluding carboxylic acids is 1. The summed E-state index contributed by atoms with van der Waals surface area (Å²) in [4.78, 5) is 12.5. The van der Waals surface area contributed by atoms with Crippen LogP contribution >= 0.6 is 0 Å². The minimum absolute atomic E-state index is 0.139. The van der Waals surface area contributed by atoms with E-state index >= 15 is 0 Å². The molecule has 140 valence electrons. The van der Waals surface area contributed by atoms with E-state index in [1.54, 1.807) is 54.6 Å². The summed E-state index contributed by atoms with van der Waals surface area (Å²) in [6.45, 7) is 5.03. The lowest BCUT2D eigenvalue weighted by atomic mass is 10.1. The Labute approximate surface area is 155 Å². The van der Waals surface area contributed by atoms with E-state index in [1.807, 2.05) is 13.8 Å². The van der Waals surface area contributed by atoms with Crippen LogP contribution in [0.3, 0.4) is 0 Å². The Morgan fingerprint density at radius 2 is 1.81 bits per heavy atom. The molecule has 0 spiro atoms. The lowest BCUT2D eigenvalue weighted by molar-refractivity contribution is 0.0757. The Bertz CT molecular complexity index is 817. The number of ether oxygens (including phenoxy) is 1. The average molecular weight is 375 g/mol. The number of benzene rings is 2. The third-order valence-electron chi connectivity index (χ3n) is 3.71. The van der Waals surface area contributed by atoms with Gasteiger partial charge in [-0.3, -0.25) is 4.79 Å². The SMILES string of the molecule is CC(C)OCCCNC(=O)c1cccc(CS(=O)(=O)c2ccccc2)c1. The van der Waals surface area contributed by atoms with Crippen LogP contribution in [0.25, 0.3) is 0 Å². The van der Waals surface area contributed by atoms with Crippen LogP contribution in [-0.4, -0.2) is 33.6 Å². The maximum atomic E-state index is 12.5. The number of sulfone groups is 1. The third-order valence-corrected chi connectivity index (χ3v) is 5.41. The molecule has 2 rings (SSSR count). The lowest BCUT2D eigenvalue weighted by Gasteiger charge is -2.09. The van der Waals surface area contributed by atoms with Crippen LogP contribution in [0.15, 0.2) is 59.5 Å². The van der Waals surface area contributed by atoms with Crippen LogP contribution in [0.5, 0.6) is 0 Å². The molecule has 0 heterocycles. The van der Waals surface area contributed by atoms with Crippen molar-refractivity contribution in [2.24, 2.45) is 0 Å². The van der Waals surface area contributed by atoms with Crippen molar-refractivity contribution in [3.63, 3.8) is 0 Å². The van der Waals surface area contributed by atoms with E-state index in [2.05, 4.69) is 5.32 Å². The summed E-state index contributed by atoms with van der Waals surface area (Å²) >= 11 is 0. The maximum Gasteiger partial charge on any atom is 0.251 e. The maximum absolute atomic E-state index is 12.5. The minimum Gasteiger partial charge on any atom is -0.379 e. The molecule has 0 atom stereocenters. The molecule has 0 radical (unpaired) electrons. The van der Waals surface area contributed by atoms with Gasteiger partial charge in [0, 0.05) is 18.7 Å². The molecule has 0 aliphatic rings. The van der Waals surface area contributed by atoms with Gasteiger partial charge in [0.25, 0.3) is 5.91 Å². The summed E-state index contributed by atoms with van der Waals surface area (Å²) in [6, 6.07) is 15.0. The molecule has 5 nitrogen and oxygen atoms in total. The van der Waals surface area contributed by atoms with Crippen molar-refractivity contribution in [2.45, 2.75) is 37.0 Å². The summed E-state index contributed by atoms with van der Waals surface area (Å²) in [5, 5.41) is 2.83. The molecule has 2 aromatic rings. The van der Waals surface area contributed by atoms with E-state index in [0.29, 0.717) is 24.3 Å². The van der Waals surface area contributed by atoms with Crippen LogP contribution in [0.2, 0.25) is 0 Å². The number of nitrogens with one attached hydrogen (secondary N) is 1. The fourth-order valence-corrected chi connectivity index (χ4v) is 3.78. The van der Waals surface area contributed by atoms with Gasteiger partial charge >= 0.3 is 0 Å². The van der Waals surface area contributed by atoms with Gasteiger partial charge in [0.15, 0.2) is 9.84 Å². The van der Waals surface area contributed by atoms with Gasteiger partial charge in [0.05, 0.1) is 16.8 Å². The molecule has 0 aromatic heterocycles. The molecule has 0 fully saturated rings. The van der Waals surface area contributed by atoms with Crippen LogP contribution in [0, 0.1) is 0 Å². The zero-order valence-electron chi connectivity index (χ0n) is 15.1. The highest BCUT2D eigenvalue weighted by Gasteiger charge is 2.16. The van der Waals surface area contributed by atoms with Gasteiger partial charge in [-0.2, -0.15) is 0 Å². The summed E-state index contributed by atoms with van der Waals surface area (Å²) in [6.07, 6.45) is 0.903. The molecule has 1 amide bonds. The van der Waals surface area contributed by atoms with E-state index in [9.17, 15) is 13.2 Å². The normalized spacial score (nSPS) is 11.5. The van der Waals surface area contributed by atoms with E-state index in [1.165, 1.54) is 0 Å². The first kappa shape index (κ1) is 20.1. The van der Waals surface area contributed by atoms with Gasteiger partial charge in [-0.05, 0) is 50.1 Å². The van der Waals surface area contributed by atoms with Gasteiger partial charge in [-0.25, -0.2) is 8.42 Å². The third kappa shape index (κ3) is 6.28. The largest absolute Gasteiger partial charge is 0.379 e. The van der Waals surface area contributed by atoms with Gasteiger partial charge < -0.3 is 10.1 Å². The molecule has 0 unspecified atom stereocenters. The zero-order chi connectivity index (χ0) is 19.0. The van der Waals surface area contributed by atoms with E-state index in [4.69, 9.17) is 4.74 Å². The average Bonchev–Trinajstić information content (AvgIpc) is 2.61. The van der Waals surface area contributed by atoms with Gasteiger partial charge in [0.1, 0.15) is 0 Å². The number of carbonyl (C=O) groups is 1. The van der Waals surface area contributed by atoms with Crippen LogP contribution in [0.1, 0.15) is 36.2 Å². The standard InChI is InChI=1S/C20H25NO4S/c1-16(2)25-13-7-12-21-20(22)18-9-6-8-17(14-18)15-26(23,24)19-10-4-3-5-11-19/h3-6,8-11,14,16H,7,12-13,15H2,1-2H3,(H,21,22). The molecule has 1 N–H and O–H groups in total. The van der Waals surface area contributed by atoms with Crippen molar-refractivity contribution in [3.8, 4) is 0 Å². The predicted octanol–water partition coefficient (Wildman–Crippen LogP) is 3.21. The van der Waals surface area contributed by atoms with Crippen LogP contribution < -0.4 is 5.32 Å². The van der Waals surface area contributed by atoms with Crippen molar-refractivity contribution in [1.82, 2.24) is 5.32 Å². The van der Waals surface area contributed by atoms with E-state index in [-0.39, 0.29) is 22.7 Å². The molecule has 0 aliphatic heterocycles. The quantitative estimate of drug-likeness (QED) is 0.683. The summed E-state index contributed by atoms with van der Waals surface area (Å²) in [5.74, 6) is -0.353. The Morgan fingerprint density at radius 3 is 2.50 bits per heavy atom. The summed E-state index contributed by atoms with van der Waals surface area (Å²) in [5.41, 5.74) is 1.04. The smallest absolute Gasteiger partial charge is 0.251 e. The number of hydrogen-bond donors (Lipinski definition) is 1. The van der Waals surface area contributed by atoms with Crippen LogP contribution in [0.4, 0.5) is 0 Å². The number of hydrogen-bond acceptors (Lipinski definition) is 4. The second-order valence-electron chi connectivity index (χ2n) is 6.30. The summed E-state index contributed by atoms with van der Waals surface area (Å²) < 4.78 is 30.4. The van der Waals surface area contributed by atoms with Crippen LogP contribution in [-0.2, 0) is 20.3 Å². The topological polar surface area (TPSA) is 72.5 Å². The summed E-state index contributed by atoms with van der Waals surface area (Å²) in [7, 11) is -3.44. The molecule has 0 aliphatic carbocycles. The second kappa shape index (κ2) is 9.50. The number of rotatable bonds is 9. The van der Waals surface area contributed by atoms with Gasteiger partial charge in [-0.15, -0.1) is 0 Å². The monoisotopic (exact) mass is 375 g/mol. The van der Waals surface area contributed by atoms with Crippen molar-refractivity contribution >= 4 is 15.7 Å². The number of amides is 1. The fraction of sp³-hybridized carbons (Fsp3) is 0.350. The highest BCUT2D eigenvalue weighted by molar-refractivity contribution is 7.90.